The molecule has 1 aliphatic heterocycles. The van der Waals surface area contributed by atoms with Crippen molar-refractivity contribution in [3.05, 3.63) is 0 Å². The number of hydrogen-bond acceptors (Lipinski definition) is 3. The van der Waals surface area contributed by atoms with E-state index >= 15 is 0 Å². The molecule has 1 heterocycles. The lowest BCUT2D eigenvalue weighted by Crippen LogP contribution is -2.56. The molecule has 0 radical (unpaired) electrons. The number of alkyl halides is 1. The second-order valence-corrected chi connectivity index (χ2v) is 4.93. The molecule has 3 amide bonds. The van der Waals surface area contributed by atoms with Gasteiger partial charge in [0.25, 0.3) is 0 Å². The predicted molar refractivity (Wildman–Crippen MR) is 60.4 cm³/mol. The van der Waals surface area contributed by atoms with Crippen LogP contribution < -0.4 is 10.6 Å². The fourth-order valence-corrected chi connectivity index (χ4v) is 1.60. The van der Waals surface area contributed by atoms with Gasteiger partial charge >= 0.3 is 6.03 Å². The maximum absolute atomic E-state index is 11.5. The van der Waals surface area contributed by atoms with E-state index in [1.807, 2.05) is 6.92 Å². The lowest BCUT2D eigenvalue weighted by Gasteiger charge is -2.34. The van der Waals surface area contributed by atoms with Gasteiger partial charge in [0.15, 0.2) is 0 Å². The standard InChI is InChI=1S/C10H17ClN2O3/c1-7(11)8(14)12-9(15)13-10(2)4-3-5-16-6-10/h7H,3-6H2,1-2H3,(H2,12,13,14,15). The van der Waals surface area contributed by atoms with Crippen LogP contribution in [0.15, 0.2) is 0 Å². The second-order valence-electron chi connectivity index (χ2n) is 4.28. The van der Waals surface area contributed by atoms with Gasteiger partial charge in [0.05, 0.1) is 12.1 Å². The molecule has 0 aliphatic carbocycles. The molecule has 2 N–H and O–H groups in total. The Hall–Kier alpha value is -0.810. The van der Waals surface area contributed by atoms with Gasteiger partial charge in [-0.05, 0) is 26.7 Å². The third kappa shape index (κ3) is 3.98. The first-order chi connectivity index (χ1) is 7.43. The number of halogens is 1. The summed E-state index contributed by atoms with van der Waals surface area (Å²) < 4.78 is 5.28. The number of urea groups is 1. The smallest absolute Gasteiger partial charge is 0.321 e. The fraction of sp³-hybridized carbons (Fsp3) is 0.800. The van der Waals surface area contributed by atoms with Gasteiger partial charge < -0.3 is 10.1 Å². The molecule has 0 aromatic rings. The molecule has 0 aromatic carbocycles. The normalized spacial score (nSPS) is 26.9. The molecular weight excluding hydrogens is 232 g/mol. The van der Waals surface area contributed by atoms with Crippen molar-refractivity contribution < 1.29 is 14.3 Å². The van der Waals surface area contributed by atoms with Crippen molar-refractivity contribution in [2.75, 3.05) is 13.2 Å². The molecule has 0 saturated carbocycles. The zero-order valence-electron chi connectivity index (χ0n) is 9.51. The van der Waals surface area contributed by atoms with Gasteiger partial charge in [0, 0.05) is 6.61 Å². The minimum atomic E-state index is -0.721. The molecule has 0 aromatic heterocycles. The number of rotatable bonds is 2. The van der Waals surface area contributed by atoms with E-state index in [9.17, 15) is 9.59 Å². The Kier molecular flexibility index (Phi) is 4.56. The van der Waals surface area contributed by atoms with Crippen molar-refractivity contribution in [2.45, 2.75) is 37.6 Å². The van der Waals surface area contributed by atoms with Crippen molar-refractivity contribution >= 4 is 23.5 Å². The van der Waals surface area contributed by atoms with E-state index in [2.05, 4.69) is 10.6 Å². The Morgan fingerprint density at radius 3 is 2.69 bits per heavy atom. The Balaban J connectivity index is 2.41. The van der Waals surface area contributed by atoms with Crippen molar-refractivity contribution in [1.29, 1.82) is 0 Å². The number of nitrogens with one attached hydrogen (secondary N) is 2. The van der Waals surface area contributed by atoms with Crippen LogP contribution in [0.25, 0.3) is 0 Å². The highest BCUT2D eigenvalue weighted by atomic mass is 35.5. The number of amides is 3. The molecule has 2 atom stereocenters. The Morgan fingerprint density at radius 2 is 2.19 bits per heavy atom. The summed E-state index contributed by atoms with van der Waals surface area (Å²) in [5, 5.41) is 4.18. The minimum absolute atomic E-state index is 0.405. The molecule has 16 heavy (non-hydrogen) atoms. The number of hydrogen-bond donors (Lipinski definition) is 2. The van der Waals surface area contributed by atoms with Crippen LogP contribution in [0.5, 0.6) is 0 Å². The predicted octanol–water partition coefficient (Wildman–Crippen LogP) is 1.01. The van der Waals surface area contributed by atoms with Crippen LogP contribution in [0, 0.1) is 0 Å². The summed E-state index contributed by atoms with van der Waals surface area (Å²) in [5.41, 5.74) is -0.405. The average Bonchev–Trinajstić information content (AvgIpc) is 2.17. The van der Waals surface area contributed by atoms with Gasteiger partial charge in [-0.3, -0.25) is 10.1 Å². The van der Waals surface area contributed by atoms with E-state index < -0.39 is 22.9 Å². The van der Waals surface area contributed by atoms with Gasteiger partial charge in [-0.2, -0.15) is 0 Å². The Labute approximate surface area is 99.9 Å². The third-order valence-corrected chi connectivity index (χ3v) is 2.65. The maximum atomic E-state index is 11.5. The zero-order valence-corrected chi connectivity index (χ0v) is 10.3. The Bertz CT molecular complexity index is 275. The van der Waals surface area contributed by atoms with Gasteiger partial charge in [0.2, 0.25) is 5.91 Å². The number of carbonyl (C=O) groups is 2. The van der Waals surface area contributed by atoms with Crippen LogP contribution in [0.4, 0.5) is 4.79 Å². The zero-order chi connectivity index (χ0) is 12.2. The summed E-state index contributed by atoms with van der Waals surface area (Å²) in [6.45, 7) is 4.58. The molecule has 6 heteroatoms. The third-order valence-electron chi connectivity index (χ3n) is 2.45. The van der Waals surface area contributed by atoms with Crippen molar-refractivity contribution in [1.82, 2.24) is 10.6 Å². The summed E-state index contributed by atoms with van der Waals surface area (Å²) in [5.74, 6) is -0.500. The highest BCUT2D eigenvalue weighted by molar-refractivity contribution is 6.31. The number of imide groups is 1. The van der Waals surface area contributed by atoms with Gasteiger partial charge in [0.1, 0.15) is 5.38 Å². The molecule has 0 bridgehead atoms. The summed E-state index contributed by atoms with van der Waals surface area (Å²) in [7, 11) is 0. The summed E-state index contributed by atoms with van der Waals surface area (Å²) >= 11 is 5.53. The maximum Gasteiger partial charge on any atom is 0.321 e. The van der Waals surface area contributed by atoms with Crippen LogP contribution >= 0.6 is 11.6 Å². The molecule has 2 unspecified atom stereocenters. The monoisotopic (exact) mass is 248 g/mol. The minimum Gasteiger partial charge on any atom is -0.379 e. The fourth-order valence-electron chi connectivity index (χ4n) is 1.55. The first-order valence-electron chi connectivity index (χ1n) is 5.28. The van der Waals surface area contributed by atoms with Gasteiger partial charge in [-0.1, -0.05) is 0 Å². The quantitative estimate of drug-likeness (QED) is 0.717. The van der Waals surface area contributed by atoms with E-state index in [1.54, 1.807) is 0 Å². The van der Waals surface area contributed by atoms with Crippen LogP contribution in [0.1, 0.15) is 26.7 Å². The second kappa shape index (κ2) is 5.50. The first-order valence-corrected chi connectivity index (χ1v) is 5.71. The van der Waals surface area contributed by atoms with Crippen molar-refractivity contribution in [3.8, 4) is 0 Å². The lowest BCUT2D eigenvalue weighted by molar-refractivity contribution is -0.119. The highest BCUT2D eigenvalue weighted by Crippen LogP contribution is 2.17. The van der Waals surface area contributed by atoms with Crippen LogP contribution in [0.3, 0.4) is 0 Å². The first kappa shape index (κ1) is 13.3. The molecule has 1 saturated heterocycles. The number of carbonyl (C=O) groups excluding carboxylic acids is 2. The van der Waals surface area contributed by atoms with E-state index in [0.29, 0.717) is 6.61 Å². The molecule has 1 aliphatic rings. The molecular formula is C10H17ClN2O3. The topological polar surface area (TPSA) is 67.4 Å². The Morgan fingerprint density at radius 1 is 1.50 bits per heavy atom. The van der Waals surface area contributed by atoms with E-state index in [4.69, 9.17) is 16.3 Å². The van der Waals surface area contributed by atoms with E-state index in [0.717, 1.165) is 19.4 Å². The molecule has 1 rings (SSSR count). The summed E-state index contributed by atoms with van der Waals surface area (Å²) in [4.78, 5) is 22.6. The largest absolute Gasteiger partial charge is 0.379 e. The van der Waals surface area contributed by atoms with Crippen LogP contribution in [-0.2, 0) is 9.53 Å². The molecule has 5 nitrogen and oxygen atoms in total. The molecule has 0 spiro atoms. The van der Waals surface area contributed by atoms with Crippen molar-refractivity contribution in [2.24, 2.45) is 0 Å². The lowest BCUT2D eigenvalue weighted by atomic mass is 9.95. The van der Waals surface area contributed by atoms with Crippen LogP contribution in [0.2, 0.25) is 0 Å². The summed E-state index contributed by atoms with van der Waals surface area (Å²) in [6, 6.07) is -0.523. The number of ether oxygens (including phenoxy) is 1. The van der Waals surface area contributed by atoms with E-state index in [1.165, 1.54) is 6.92 Å². The van der Waals surface area contributed by atoms with Gasteiger partial charge in [-0.25, -0.2) is 4.79 Å². The molecule has 1 fully saturated rings. The average molecular weight is 249 g/mol. The highest BCUT2D eigenvalue weighted by Gasteiger charge is 2.29. The van der Waals surface area contributed by atoms with Crippen LogP contribution in [-0.4, -0.2) is 36.1 Å². The SMILES string of the molecule is CC(Cl)C(=O)NC(=O)NC1(C)CCCOC1. The molecule has 92 valence electrons. The van der Waals surface area contributed by atoms with Gasteiger partial charge in [-0.15, -0.1) is 11.6 Å². The summed E-state index contributed by atoms with van der Waals surface area (Å²) in [6.07, 6.45) is 1.74. The van der Waals surface area contributed by atoms with Crippen molar-refractivity contribution in [3.63, 3.8) is 0 Å². The van der Waals surface area contributed by atoms with E-state index in [-0.39, 0.29) is 0 Å².